The highest BCUT2D eigenvalue weighted by Gasteiger charge is 2.30. The largest absolute Gasteiger partial charge is 0.480 e. The summed E-state index contributed by atoms with van der Waals surface area (Å²) in [5.41, 5.74) is 4.01. The third kappa shape index (κ3) is 3.45. The summed E-state index contributed by atoms with van der Waals surface area (Å²) in [6.45, 7) is 0.225. The highest BCUT2D eigenvalue weighted by molar-refractivity contribution is 5.88. The second kappa shape index (κ2) is 7.27. The lowest BCUT2D eigenvalue weighted by Crippen LogP contribution is -2.25. The Hall–Kier alpha value is -3.08. The Morgan fingerprint density at radius 1 is 1.07 bits per heavy atom. The van der Waals surface area contributed by atoms with Crippen LogP contribution >= 0.6 is 0 Å². The molecule has 4 rings (SSSR count). The number of esters is 1. The quantitative estimate of drug-likeness (QED) is 0.704. The molecule has 3 aromatic rings. The van der Waals surface area contributed by atoms with Crippen molar-refractivity contribution in [1.29, 1.82) is 0 Å². The van der Waals surface area contributed by atoms with Gasteiger partial charge >= 0.3 is 11.9 Å². The second-order valence-electron chi connectivity index (χ2n) is 6.96. The SMILES string of the molecule is O=C(O)Cn1c2c(c3ccccc31)C[C@@H](C(=O)OCc1ccccc1)CC2. The zero-order valence-corrected chi connectivity index (χ0v) is 14.9. The average Bonchev–Trinajstić information content (AvgIpc) is 3.00. The molecule has 1 aromatic heterocycles. The monoisotopic (exact) mass is 363 g/mol. The number of hydrogen-bond acceptors (Lipinski definition) is 3. The normalized spacial score (nSPS) is 16.1. The Kier molecular flexibility index (Phi) is 4.67. The standard InChI is InChI=1S/C22H21NO4/c24-21(25)13-23-19-9-5-4-8-17(19)18-12-16(10-11-20(18)23)22(26)27-14-15-6-2-1-3-7-15/h1-9,16H,10-14H2,(H,24,25)/t16-/m0/s1. The fourth-order valence-corrected chi connectivity index (χ4v) is 3.96. The lowest BCUT2D eigenvalue weighted by Gasteiger charge is -2.22. The number of benzene rings is 2. The van der Waals surface area contributed by atoms with Crippen LogP contribution in [0.4, 0.5) is 0 Å². The first-order chi connectivity index (χ1) is 13.1. The fraction of sp³-hybridized carbons (Fsp3) is 0.273. The van der Waals surface area contributed by atoms with Gasteiger partial charge in [-0.1, -0.05) is 48.5 Å². The number of rotatable bonds is 5. The summed E-state index contributed by atoms with van der Waals surface area (Å²) in [5, 5.41) is 10.3. The van der Waals surface area contributed by atoms with Gasteiger partial charge in [-0.2, -0.15) is 0 Å². The molecule has 0 bridgehead atoms. The van der Waals surface area contributed by atoms with Crippen molar-refractivity contribution in [2.45, 2.75) is 32.4 Å². The molecular formula is C22H21NO4. The number of carbonyl (C=O) groups is 2. The van der Waals surface area contributed by atoms with Gasteiger partial charge in [-0.3, -0.25) is 9.59 Å². The average molecular weight is 363 g/mol. The third-order valence-corrected chi connectivity index (χ3v) is 5.22. The van der Waals surface area contributed by atoms with Crippen LogP contribution in [0.15, 0.2) is 54.6 Å². The summed E-state index contributed by atoms with van der Waals surface area (Å²) in [5.74, 6) is -1.23. The maximum Gasteiger partial charge on any atom is 0.323 e. The lowest BCUT2D eigenvalue weighted by atomic mass is 9.86. The van der Waals surface area contributed by atoms with E-state index in [-0.39, 0.29) is 25.0 Å². The Morgan fingerprint density at radius 2 is 1.81 bits per heavy atom. The van der Waals surface area contributed by atoms with Crippen LogP contribution < -0.4 is 0 Å². The smallest absolute Gasteiger partial charge is 0.323 e. The van der Waals surface area contributed by atoms with Gasteiger partial charge in [0.15, 0.2) is 0 Å². The molecule has 0 radical (unpaired) electrons. The van der Waals surface area contributed by atoms with E-state index in [0.29, 0.717) is 19.3 Å². The molecule has 1 heterocycles. The van der Waals surface area contributed by atoms with E-state index in [0.717, 1.165) is 27.7 Å². The Bertz CT molecular complexity index is 990. The Labute approximate surface area is 157 Å². The molecule has 0 fully saturated rings. The number of ether oxygens (including phenoxy) is 1. The topological polar surface area (TPSA) is 68.5 Å². The van der Waals surface area contributed by atoms with Crippen LogP contribution in [0.3, 0.4) is 0 Å². The first-order valence-corrected chi connectivity index (χ1v) is 9.15. The van der Waals surface area contributed by atoms with Gasteiger partial charge in [0.1, 0.15) is 13.2 Å². The second-order valence-corrected chi connectivity index (χ2v) is 6.96. The predicted octanol–water partition coefficient (Wildman–Crippen LogP) is 3.57. The van der Waals surface area contributed by atoms with Crippen LogP contribution in [0, 0.1) is 5.92 Å². The molecule has 0 saturated carbocycles. The van der Waals surface area contributed by atoms with Crippen molar-refractivity contribution in [3.63, 3.8) is 0 Å². The summed E-state index contributed by atoms with van der Waals surface area (Å²) in [6.07, 6.45) is 1.95. The number of aliphatic carboxylic acids is 1. The number of para-hydroxylation sites is 1. The van der Waals surface area contributed by atoms with Crippen molar-refractivity contribution in [3.8, 4) is 0 Å². The minimum absolute atomic E-state index is 0.0566. The molecule has 138 valence electrons. The first kappa shape index (κ1) is 17.3. The zero-order chi connectivity index (χ0) is 18.8. The van der Waals surface area contributed by atoms with Gasteiger partial charge in [0.25, 0.3) is 0 Å². The first-order valence-electron chi connectivity index (χ1n) is 9.15. The molecule has 1 aliphatic carbocycles. The fourth-order valence-electron chi connectivity index (χ4n) is 3.96. The van der Waals surface area contributed by atoms with Gasteiger partial charge in [-0.15, -0.1) is 0 Å². The van der Waals surface area contributed by atoms with Crippen molar-refractivity contribution < 1.29 is 19.4 Å². The Balaban J connectivity index is 1.56. The van der Waals surface area contributed by atoms with Crippen LogP contribution in [0.1, 0.15) is 23.2 Å². The summed E-state index contributed by atoms with van der Waals surface area (Å²) < 4.78 is 7.40. The molecule has 1 aliphatic rings. The van der Waals surface area contributed by atoms with E-state index in [2.05, 4.69) is 0 Å². The van der Waals surface area contributed by atoms with Gasteiger partial charge in [0, 0.05) is 16.6 Å². The molecule has 0 amide bonds. The maximum absolute atomic E-state index is 12.6. The molecule has 27 heavy (non-hydrogen) atoms. The highest BCUT2D eigenvalue weighted by Crippen LogP contribution is 2.35. The molecule has 5 nitrogen and oxygen atoms in total. The summed E-state index contributed by atoms with van der Waals surface area (Å²) in [6, 6.07) is 17.5. The molecule has 1 N–H and O–H groups in total. The van der Waals surface area contributed by atoms with Gasteiger partial charge in [0.05, 0.1) is 5.92 Å². The van der Waals surface area contributed by atoms with Gasteiger partial charge < -0.3 is 14.4 Å². The van der Waals surface area contributed by atoms with Crippen molar-refractivity contribution in [3.05, 3.63) is 71.4 Å². The van der Waals surface area contributed by atoms with Crippen LogP contribution in [0.2, 0.25) is 0 Å². The highest BCUT2D eigenvalue weighted by atomic mass is 16.5. The maximum atomic E-state index is 12.6. The zero-order valence-electron chi connectivity index (χ0n) is 14.9. The number of fused-ring (bicyclic) bond motifs is 3. The van der Waals surface area contributed by atoms with E-state index < -0.39 is 5.97 Å². The van der Waals surface area contributed by atoms with E-state index in [1.54, 1.807) is 0 Å². The number of nitrogens with zero attached hydrogens (tertiary/aromatic N) is 1. The number of carboxylic acids is 1. The molecule has 5 heteroatoms. The lowest BCUT2D eigenvalue weighted by molar-refractivity contribution is -0.150. The minimum atomic E-state index is -0.858. The molecule has 0 spiro atoms. The number of hydrogen-bond donors (Lipinski definition) is 1. The van der Waals surface area contributed by atoms with Crippen LogP contribution in [0.5, 0.6) is 0 Å². The minimum Gasteiger partial charge on any atom is -0.480 e. The van der Waals surface area contributed by atoms with Crippen molar-refractivity contribution in [1.82, 2.24) is 4.57 Å². The van der Waals surface area contributed by atoms with Gasteiger partial charge in [0.2, 0.25) is 0 Å². The number of aromatic nitrogens is 1. The predicted molar refractivity (Wildman–Crippen MR) is 101 cm³/mol. The third-order valence-electron chi connectivity index (χ3n) is 5.22. The van der Waals surface area contributed by atoms with Crippen molar-refractivity contribution >= 4 is 22.8 Å². The summed E-state index contributed by atoms with van der Waals surface area (Å²) in [4.78, 5) is 23.9. The number of carboxylic acid groups (broad SMARTS) is 1. The number of carbonyl (C=O) groups excluding carboxylic acids is 1. The van der Waals surface area contributed by atoms with Crippen molar-refractivity contribution in [2.75, 3.05) is 0 Å². The molecule has 0 unspecified atom stereocenters. The van der Waals surface area contributed by atoms with E-state index >= 15 is 0 Å². The molecule has 0 aliphatic heterocycles. The van der Waals surface area contributed by atoms with Crippen LogP contribution in [-0.4, -0.2) is 21.6 Å². The molecule has 2 aromatic carbocycles. The van der Waals surface area contributed by atoms with E-state index in [1.807, 2.05) is 59.2 Å². The summed E-state index contributed by atoms with van der Waals surface area (Å²) in [7, 11) is 0. The Morgan fingerprint density at radius 3 is 2.59 bits per heavy atom. The van der Waals surface area contributed by atoms with Gasteiger partial charge in [-0.25, -0.2) is 0 Å². The molecule has 1 atom stereocenters. The van der Waals surface area contributed by atoms with Crippen molar-refractivity contribution in [2.24, 2.45) is 5.92 Å². The van der Waals surface area contributed by atoms with Gasteiger partial charge in [-0.05, 0) is 36.5 Å². The van der Waals surface area contributed by atoms with E-state index in [9.17, 15) is 14.7 Å². The van der Waals surface area contributed by atoms with Crippen LogP contribution in [0.25, 0.3) is 10.9 Å². The van der Waals surface area contributed by atoms with E-state index in [1.165, 1.54) is 0 Å². The molecule has 0 saturated heterocycles. The van der Waals surface area contributed by atoms with E-state index in [4.69, 9.17) is 4.74 Å². The summed E-state index contributed by atoms with van der Waals surface area (Å²) >= 11 is 0. The molecular weight excluding hydrogens is 342 g/mol. The van der Waals surface area contributed by atoms with Crippen LogP contribution in [-0.2, 0) is 40.3 Å².